The normalized spacial score (nSPS) is 11.3. The summed E-state index contributed by atoms with van der Waals surface area (Å²) in [6.45, 7) is 1.73. The molecule has 1 amide bonds. The average Bonchev–Trinajstić information content (AvgIpc) is 2.78. The zero-order valence-electron chi connectivity index (χ0n) is 16.8. The molecule has 1 unspecified atom stereocenters. The van der Waals surface area contributed by atoms with Gasteiger partial charge in [0.2, 0.25) is 0 Å². The number of ether oxygens (including phenoxy) is 3. The van der Waals surface area contributed by atoms with Crippen molar-refractivity contribution in [1.82, 2.24) is 0 Å². The van der Waals surface area contributed by atoms with E-state index in [9.17, 15) is 9.59 Å². The number of hydrogen-bond acceptors (Lipinski definition) is 5. The van der Waals surface area contributed by atoms with Gasteiger partial charge in [-0.05, 0) is 37.3 Å². The molecule has 3 rings (SSSR count). The second-order valence-corrected chi connectivity index (χ2v) is 6.50. The first kappa shape index (κ1) is 20.9. The van der Waals surface area contributed by atoms with Crippen LogP contribution in [0.1, 0.15) is 22.8 Å². The summed E-state index contributed by atoms with van der Waals surface area (Å²) in [6, 6.07) is 23.3. The fourth-order valence-corrected chi connectivity index (χ4v) is 2.78. The third-order valence-electron chi connectivity index (χ3n) is 4.39. The van der Waals surface area contributed by atoms with Gasteiger partial charge in [0.25, 0.3) is 5.91 Å². The Morgan fingerprint density at radius 1 is 0.900 bits per heavy atom. The van der Waals surface area contributed by atoms with Crippen LogP contribution in [0.3, 0.4) is 0 Å². The summed E-state index contributed by atoms with van der Waals surface area (Å²) in [5.41, 5.74) is 1.53. The van der Waals surface area contributed by atoms with Gasteiger partial charge in [0.15, 0.2) is 6.10 Å². The summed E-state index contributed by atoms with van der Waals surface area (Å²) in [6.07, 6.45) is -0.995. The molecule has 0 saturated heterocycles. The van der Waals surface area contributed by atoms with E-state index in [-0.39, 0.29) is 6.61 Å². The minimum Gasteiger partial charge on any atom is -0.495 e. The number of nitrogens with one attached hydrogen (secondary N) is 1. The third-order valence-corrected chi connectivity index (χ3v) is 4.39. The number of carbonyl (C=O) groups excluding carboxylic acids is 2. The van der Waals surface area contributed by atoms with Crippen LogP contribution in [0.5, 0.6) is 11.5 Å². The molecule has 0 heterocycles. The third kappa shape index (κ3) is 5.38. The van der Waals surface area contributed by atoms with Crippen LogP contribution in [0, 0.1) is 0 Å². The summed E-state index contributed by atoms with van der Waals surface area (Å²) >= 11 is 0. The lowest BCUT2D eigenvalue weighted by molar-refractivity contribution is -0.123. The van der Waals surface area contributed by atoms with E-state index in [0.29, 0.717) is 28.3 Å². The molecule has 3 aromatic carbocycles. The maximum Gasteiger partial charge on any atom is 0.339 e. The van der Waals surface area contributed by atoms with E-state index in [1.807, 2.05) is 36.4 Å². The Bertz CT molecular complexity index is 1000. The molecule has 6 nitrogen and oxygen atoms in total. The first-order valence-corrected chi connectivity index (χ1v) is 9.49. The van der Waals surface area contributed by atoms with Crippen LogP contribution in [-0.2, 0) is 16.1 Å². The van der Waals surface area contributed by atoms with E-state index in [4.69, 9.17) is 14.2 Å². The molecule has 0 bridgehead atoms. The highest BCUT2D eigenvalue weighted by Crippen LogP contribution is 2.23. The summed E-state index contributed by atoms with van der Waals surface area (Å²) in [5, 5.41) is 2.71. The van der Waals surface area contributed by atoms with Crippen molar-refractivity contribution < 1.29 is 23.8 Å². The molecule has 0 fully saturated rings. The van der Waals surface area contributed by atoms with E-state index in [1.54, 1.807) is 42.5 Å². The Balaban J connectivity index is 1.64. The smallest absolute Gasteiger partial charge is 0.339 e. The van der Waals surface area contributed by atoms with Crippen molar-refractivity contribution in [2.45, 2.75) is 19.6 Å². The molecule has 30 heavy (non-hydrogen) atoms. The molecule has 0 aliphatic rings. The van der Waals surface area contributed by atoms with Gasteiger partial charge < -0.3 is 19.5 Å². The molecule has 3 aromatic rings. The van der Waals surface area contributed by atoms with Gasteiger partial charge in [0, 0.05) is 5.56 Å². The monoisotopic (exact) mass is 405 g/mol. The SMILES string of the molecule is COc1ccccc1NC(=O)C(C)OC(=O)c1ccccc1COc1ccccc1. The molecule has 0 aliphatic heterocycles. The largest absolute Gasteiger partial charge is 0.495 e. The molecule has 1 N–H and O–H groups in total. The predicted octanol–water partition coefficient (Wildman–Crippen LogP) is 4.46. The summed E-state index contributed by atoms with van der Waals surface area (Å²) in [5.74, 6) is 0.175. The summed E-state index contributed by atoms with van der Waals surface area (Å²) < 4.78 is 16.3. The van der Waals surface area contributed by atoms with Gasteiger partial charge in [-0.1, -0.05) is 48.5 Å². The lowest BCUT2D eigenvalue weighted by Gasteiger charge is -2.16. The Labute approximate surface area is 175 Å². The van der Waals surface area contributed by atoms with Crippen LogP contribution in [0.4, 0.5) is 5.69 Å². The van der Waals surface area contributed by atoms with Crippen molar-refractivity contribution in [1.29, 1.82) is 0 Å². The highest BCUT2D eigenvalue weighted by atomic mass is 16.5. The number of rotatable bonds is 8. The van der Waals surface area contributed by atoms with Crippen molar-refractivity contribution in [3.8, 4) is 11.5 Å². The number of amides is 1. The van der Waals surface area contributed by atoms with E-state index < -0.39 is 18.0 Å². The summed E-state index contributed by atoms with van der Waals surface area (Å²) in [7, 11) is 1.52. The van der Waals surface area contributed by atoms with Gasteiger partial charge in [-0.2, -0.15) is 0 Å². The molecular formula is C24H23NO5. The van der Waals surface area contributed by atoms with Crippen LogP contribution in [0.25, 0.3) is 0 Å². The van der Waals surface area contributed by atoms with Crippen LogP contribution in [0.2, 0.25) is 0 Å². The Morgan fingerprint density at radius 2 is 1.57 bits per heavy atom. The van der Waals surface area contributed by atoms with Crippen molar-refractivity contribution in [2.24, 2.45) is 0 Å². The lowest BCUT2D eigenvalue weighted by Crippen LogP contribution is -2.30. The Hall–Kier alpha value is -3.80. The van der Waals surface area contributed by atoms with Gasteiger partial charge in [-0.3, -0.25) is 4.79 Å². The predicted molar refractivity (Wildman–Crippen MR) is 114 cm³/mol. The van der Waals surface area contributed by atoms with E-state index in [2.05, 4.69) is 5.32 Å². The zero-order valence-corrected chi connectivity index (χ0v) is 16.8. The molecule has 154 valence electrons. The number of hydrogen-bond donors (Lipinski definition) is 1. The fraction of sp³-hybridized carbons (Fsp3) is 0.167. The van der Waals surface area contributed by atoms with Crippen LogP contribution < -0.4 is 14.8 Å². The standard InChI is InChI=1S/C24H23NO5/c1-17(23(26)25-21-14-8-9-15-22(21)28-2)30-24(27)20-13-7-6-10-18(20)16-29-19-11-4-3-5-12-19/h3-15,17H,16H2,1-2H3,(H,25,26). The summed E-state index contributed by atoms with van der Waals surface area (Å²) in [4.78, 5) is 25.2. The Kier molecular flexibility index (Phi) is 7.05. The van der Waals surface area contributed by atoms with Crippen LogP contribution in [-0.4, -0.2) is 25.1 Å². The first-order chi connectivity index (χ1) is 14.6. The quantitative estimate of drug-likeness (QED) is 0.560. The van der Waals surface area contributed by atoms with E-state index >= 15 is 0 Å². The lowest BCUT2D eigenvalue weighted by atomic mass is 10.1. The Morgan fingerprint density at radius 3 is 2.33 bits per heavy atom. The van der Waals surface area contributed by atoms with E-state index in [1.165, 1.54) is 14.0 Å². The van der Waals surface area contributed by atoms with Crippen molar-refractivity contribution in [3.05, 3.63) is 90.0 Å². The van der Waals surface area contributed by atoms with Gasteiger partial charge >= 0.3 is 5.97 Å². The van der Waals surface area contributed by atoms with Gasteiger partial charge in [-0.25, -0.2) is 4.79 Å². The van der Waals surface area contributed by atoms with Crippen molar-refractivity contribution in [2.75, 3.05) is 12.4 Å². The molecule has 0 radical (unpaired) electrons. The highest BCUT2D eigenvalue weighted by molar-refractivity contribution is 5.98. The van der Waals surface area contributed by atoms with Gasteiger partial charge in [0.05, 0.1) is 18.4 Å². The highest BCUT2D eigenvalue weighted by Gasteiger charge is 2.21. The van der Waals surface area contributed by atoms with Crippen molar-refractivity contribution >= 4 is 17.6 Å². The molecule has 0 saturated carbocycles. The van der Waals surface area contributed by atoms with E-state index in [0.717, 1.165) is 0 Å². The maximum atomic E-state index is 12.7. The molecule has 1 atom stereocenters. The average molecular weight is 405 g/mol. The number of benzene rings is 3. The maximum absolute atomic E-state index is 12.7. The molecule has 0 aromatic heterocycles. The molecule has 6 heteroatoms. The second-order valence-electron chi connectivity index (χ2n) is 6.50. The fourth-order valence-electron chi connectivity index (χ4n) is 2.78. The number of carbonyl (C=O) groups is 2. The molecular weight excluding hydrogens is 382 g/mol. The molecule has 0 spiro atoms. The zero-order chi connectivity index (χ0) is 21.3. The second kappa shape index (κ2) is 10.1. The number of esters is 1. The number of anilines is 1. The first-order valence-electron chi connectivity index (χ1n) is 9.49. The number of methoxy groups -OCH3 is 1. The van der Waals surface area contributed by atoms with Crippen LogP contribution >= 0.6 is 0 Å². The van der Waals surface area contributed by atoms with Crippen molar-refractivity contribution in [3.63, 3.8) is 0 Å². The van der Waals surface area contributed by atoms with Gasteiger partial charge in [0.1, 0.15) is 18.1 Å². The molecule has 0 aliphatic carbocycles. The van der Waals surface area contributed by atoms with Crippen LogP contribution in [0.15, 0.2) is 78.9 Å². The minimum absolute atomic E-state index is 0.205. The topological polar surface area (TPSA) is 73.9 Å². The number of para-hydroxylation sites is 3. The minimum atomic E-state index is -0.995. The van der Waals surface area contributed by atoms with Gasteiger partial charge in [-0.15, -0.1) is 0 Å².